The zero-order valence-corrected chi connectivity index (χ0v) is 9.97. The van der Waals surface area contributed by atoms with Crippen LogP contribution in [-0.4, -0.2) is 34.2 Å². The van der Waals surface area contributed by atoms with E-state index in [9.17, 15) is 9.59 Å². The lowest BCUT2D eigenvalue weighted by Gasteiger charge is -2.19. The van der Waals surface area contributed by atoms with Crippen LogP contribution in [0.3, 0.4) is 0 Å². The van der Waals surface area contributed by atoms with Crippen molar-refractivity contribution in [2.45, 2.75) is 26.4 Å². The largest absolute Gasteiger partial charge is 0.478 e. The molecule has 0 unspecified atom stereocenters. The molecule has 86 valence electrons. The van der Waals surface area contributed by atoms with E-state index in [1.165, 1.54) is 17.8 Å². The summed E-state index contributed by atoms with van der Waals surface area (Å²) in [6.45, 7) is 5.42. The maximum absolute atomic E-state index is 11.2. The third kappa shape index (κ3) is 11.0. The van der Waals surface area contributed by atoms with Gasteiger partial charge >= 0.3 is 11.9 Å². The minimum Gasteiger partial charge on any atom is -0.478 e. The molecule has 0 heterocycles. The van der Waals surface area contributed by atoms with E-state index in [0.717, 1.165) is 6.08 Å². The Morgan fingerprint density at radius 1 is 1.40 bits per heavy atom. The summed E-state index contributed by atoms with van der Waals surface area (Å²) < 4.78 is 5.07. The van der Waals surface area contributed by atoms with Crippen molar-refractivity contribution < 1.29 is 19.4 Å². The van der Waals surface area contributed by atoms with Gasteiger partial charge in [0.2, 0.25) is 0 Å². The molecule has 0 fully saturated rings. The molecule has 0 bridgehead atoms. The average Bonchev–Trinajstić information content (AvgIpc) is 1.99. The molecule has 0 rings (SSSR count). The van der Waals surface area contributed by atoms with E-state index in [4.69, 9.17) is 9.84 Å². The number of thioether (sulfide) groups is 1. The Labute approximate surface area is 93.7 Å². The Balaban J connectivity index is 3.61. The number of carbonyl (C=O) groups excluding carboxylic acids is 1. The van der Waals surface area contributed by atoms with Crippen molar-refractivity contribution in [3.05, 3.63) is 12.2 Å². The molecule has 0 radical (unpaired) electrons. The zero-order chi connectivity index (χ0) is 11.9. The van der Waals surface area contributed by atoms with Gasteiger partial charge in [-0.1, -0.05) is 6.08 Å². The first-order chi connectivity index (χ1) is 6.81. The second kappa shape index (κ2) is 6.50. The summed E-state index contributed by atoms with van der Waals surface area (Å²) >= 11 is 1.32. The highest BCUT2D eigenvalue weighted by Crippen LogP contribution is 2.09. The molecule has 0 aliphatic rings. The lowest BCUT2D eigenvalue weighted by atomic mass is 10.2. The van der Waals surface area contributed by atoms with Crippen molar-refractivity contribution in [1.29, 1.82) is 0 Å². The summed E-state index contributed by atoms with van der Waals surface area (Å²) in [5.41, 5.74) is -0.464. The molecule has 0 aromatic heterocycles. The first-order valence-electron chi connectivity index (χ1n) is 4.50. The molecular weight excluding hydrogens is 216 g/mol. The first-order valence-corrected chi connectivity index (χ1v) is 5.66. The van der Waals surface area contributed by atoms with E-state index >= 15 is 0 Å². The number of ether oxygens (including phenoxy) is 1. The predicted octanol–water partition coefficient (Wildman–Crippen LogP) is 1.70. The number of carboxylic acids is 1. The number of esters is 1. The molecule has 0 spiro atoms. The van der Waals surface area contributed by atoms with Gasteiger partial charge < -0.3 is 9.84 Å². The van der Waals surface area contributed by atoms with Gasteiger partial charge in [-0.2, -0.15) is 0 Å². The average molecular weight is 232 g/mol. The number of hydrogen-bond donors (Lipinski definition) is 1. The van der Waals surface area contributed by atoms with Crippen LogP contribution >= 0.6 is 11.8 Å². The fourth-order valence-corrected chi connectivity index (χ4v) is 1.31. The zero-order valence-electron chi connectivity index (χ0n) is 9.15. The van der Waals surface area contributed by atoms with Gasteiger partial charge in [0.1, 0.15) is 5.60 Å². The van der Waals surface area contributed by atoms with Gasteiger partial charge in [0.25, 0.3) is 0 Å². The van der Waals surface area contributed by atoms with Crippen LogP contribution in [0, 0.1) is 0 Å². The Hall–Kier alpha value is -0.970. The fourth-order valence-electron chi connectivity index (χ4n) is 0.730. The maximum atomic E-state index is 11.2. The minimum atomic E-state index is -0.979. The summed E-state index contributed by atoms with van der Waals surface area (Å²) in [6, 6.07) is 0. The standard InChI is InChI=1S/C10H16O4S/c1-10(2,3)14-9(13)7-15-6-4-5-8(11)12/h4-5H,6-7H2,1-3H3,(H,11,12)/b5-4+. The summed E-state index contributed by atoms with van der Waals surface area (Å²) in [5.74, 6) is -0.531. The molecule has 4 nitrogen and oxygen atoms in total. The molecule has 0 aliphatic carbocycles. The van der Waals surface area contributed by atoms with Gasteiger partial charge in [-0.3, -0.25) is 4.79 Å². The monoisotopic (exact) mass is 232 g/mol. The molecular formula is C10H16O4S. The van der Waals surface area contributed by atoms with E-state index in [2.05, 4.69) is 0 Å². The highest BCUT2D eigenvalue weighted by Gasteiger charge is 2.15. The maximum Gasteiger partial charge on any atom is 0.328 e. The highest BCUT2D eigenvalue weighted by atomic mass is 32.2. The van der Waals surface area contributed by atoms with Gasteiger partial charge in [-0.15, -0.1) is 11.8 Å². The van der Waals surface area contributed by atoms with Gasteiger partial charge in [-0.05, 0) is 20.8 Å². The minimum absolute atomic E-state index is 0.237. The highest BCUT2D eigenvalue weighted by molar-refractivity contribution is 8.00. The summed E-state index contributed by atoms with van der Waals surface area (Å²) in [6.07, 6.45) is 2.56. The van der Waals surface area contributed by atoms with E-state index in [1.807, 2.05) is 0 Å². The number of rotatable bonds is 5. The molecule has 0 atom stereocenters. The number of hydrogen-bond acceptors (Lipinski definition) is 4. The lowest BCUT2D eigenvalue weighted by Crippen LogP contribution is -2.24. The fraction of sp³-hybridized carbons (Fsp3) is 0.600. The SMILES string of the molecule is CC(C)(C)OC(=O)CSC/C=C/C(=O)O. The Morgan fingerprint density at radius 3 is 2.47 bits per heavy atom. The predicted molar refractivity (Wildman–Crippen MR) is 59.9 cm³/mol. The Bertz CT molecular complexity index is 253. The molecule has 0 saturated heterocycles. The molecule has 0 aliphatic heterocycles. The van der Waals surface area contributed by atoms with Crippen molar-refractivity contribution in [2.75, 3.05) is 11.5 Å². The first kappa shape index (κ1) is 14.0. The van der Waals surface area contributed by atoms with Crippen LogP contribution in [0.2, 0.25) is 0 Å². The number of carbonyl (C=O) groups is 2. The second-order valence-electron chi connectivity index (χ2n) is 3.84. The van der Waals surface area contributed by atoms with E-state index < -0.39 is 11.6 Å². The lowest BCUT2D eigenvalue weighted by molar-refractivity contribution is -0.151. The molecule has 0 aromatic rings. The van der Waals surface area contributed by atoms with Gasteiger partial charge in [0.05, 0.1) is 5.75 Å². The molecule has 0 saturated carbocycles. The number of aliphatic carboxylic acids is 1. The quantitative estimate of drug-likeness (QED) is 0.444. The van der Waals surface area contributed by atoms with E-state index in [-0.39, 0.29) is 11.7 Å². The molecule has 1 N–H and O–H groups in total. The van der Waals surface area contributed by atoms with Gasteiger partial charge in [-0.25, -0.2) is 4.79 Å². The van der Waals surface area contributed by atoms with Crippen LogP contribution in [0.1, 0.15) is 20.8 Å². The van der Waals surface area contributed by atoms with Crippen LogP contribution in [0.5, 0.6) is 0 Å². The second-order valence-corrected chi connectivity index (χ2v) is 4.87. The van der Waals surface area contributed by atoms with Crippen molar-refractivity contribution in [3.8, 4) is 0 Å². The van der Waals surface area contributed by atoms with Crippen LogP contribution in [-0.2, 0) is 14.3 Å². The topological polar surface area (TPSA) is 63.6 Å². The van der Waals surface area contributed by atoms with E-state index in [1.54, 1.807) is 20.8 Å². The van der Waals surface area contributed by atoms with Crippen LogP contribution in [0.15, 0.2) is 12.2 Å². The summed E-state index contributed by atoms with van der Waals surface area (Å²) in [4.78, 5) is 21.3. The van der Waals surface area contributed by atoms with Crippen LogP contribution in [0.4, 0.5) is 0 Å². The third-order valence-electron chi connectivity index (χ3n) is 1.11. The normalized spacial score (nSPS) is 11.7. The Morgan fingerprint density at radius 2 is 2.00 bits per heavy atom. The molecule has 15 heavy (non-hydrogen) atoms. The van der Waals surface area contributed by atoms with Gasteiger partial charge in [0, 0.05) is 11.8 Å². The molecule has 5 heteroatoms. The number of carboxylic acid groups (broad SMARTS) is 1. The third-order valence-corrected chi connectivity index (χ3v) is 1.98. The van der Waals surface area contributed by atoms with Crippen molar-refractivity contribution in [3.63, 3.8) is 0 Å². The smallest absolute Gasteiger partial charge is 0.328 e. The van der Waals surface area contributed by atoms with Crippen molar-refractivity contribution in [1.82, 2.24) is 0 Å². The molecule has 0 aromatic carbocycles. The Kier molecular flexibility index (Phi) is 6.08. The molecule has 0 amide bonds. The van der Waals surface area contributed by atoms with Crippen LogP contribution in [0.25, 0.3) is 0 Å². The summed E-state index contributed by atoms with van der Waals surface area (Å²) in [7, 11) is 0. The van der Waals surface area contributed by atoms with Crippen molar-refractivity contribution >= 4 is 23.7 Å². The van der Waals surface area contributed by atoms with Gasteiger partial charge in [0.15, 0.2) is 0 Å². The summed E-state index contributed by atoms with van der Waals surface area (Å²) in [5, 5.41) is 8.29. The van der Waals surface area contributed by atoms with E-state index in [0.29, 0.717) is 5.75 Å². The van der Waals surface area contributed by atoms with Crippen molar-refractivity contribution in [2.24, 2.45) is 0 Å². The van der Waals surface area contributed by atoms with Crippen LogP contribution < -0.4 is 0 Å².